The highest BCUT2D eigenvalue weighted by Gasteiger charge is 2.37. The lowest BCUT2D eigenvalue weighted by molar-refractivity contribution is -0.142. The van der Waals surface area contributed by atoms with E-state index in [0.717, 1.165) is 0 Å². The van der Waals surface area contributed by atoms with Crippen LogP contribution in [0.1, 0.15) is 20.8 Å². The van der Waals surface area contributed by atoms with Crippen molar-refractivity contribution in [2.75, 3.05) is 13.1 Å². The molecule has 1 aliphatic rings. The second-order valence-electron chi connectivity index (χ2n) is 5.63. The van der Waals surface area contributed by atoms with Crippen LogP contribution in [-0.2, 0) is 4.79 Å². The number of carbonyl (C=O) groups is 2. The first-order valence-electron chi connectivity index (χ1n) is 5.77. The van der Waals surface area contributed by atoms with E-state index in [1.807, 2.05) is 0 Å². The average molecular weight is 260 g/mol. The molecular formula is C11H20N2O5. The molecule has 3 atom stereocenters. The predicted octanol–water partition coefficient (Wildman–Crippen LogP) is -0.767. The van der Waals surface area contributed by atoms with Crippen molar-refractivity contribution < 1.29 is 24.9 Å². The van der Waals surface area contributed by atoms with Crippen LogP contribution in [0.4, 0.5) is 4.79 Å². The largest absolute Gasteiger partial charge is 0.480 e. The van der Waals surface area contributed by atoms with Crippen molar-refractivity contribution in [1.29, 1.82) is 0 Å². The van der Waals surface area contributed by atoms with E-state index in [9.17, 15) is 19.8 Å². The van der Waals surface area contributed by atoms with E-state index in [2.05, 4.69) is 5.32 Å². The van der Waals surface area contributed by atoms with Gasteiger partial charge < -0.3 is 25.5 Å². The van der Waals surface area contributed by atoms with Crippen LogP contribution in [0, 0.1) is 5.41 Å². The molecule has 0 spiro atoms. The minimum atomic E-state index is -1.11. The fraction of sp³-hybridized carbons (Fsp3) is 0.818. The molecule has 0 aromatic heterocycles. The lowest BCUT2D eigenvalue weighted by Gasteiger charge is -2.29. The van der Waals surface area contributed by atoms with Crippen molar-refractivity contribution in [3.63, 3.8) is 0 Å². The Morgan fingerprint density at radius 3 is 2.00 bits per heavy atom. The number of likely N-dealkylation sites (tertiary alicyclic amines) is 1. The van der Waals surface area contributed by atoms with E-state index in [0.29, 0.717) is 0 Å². The molecule has 1 fully saturated rings. The number of carboxylic acids is 1. The minimum Gasteiger partial charge on any atom is -0.480 e. The number of nitrogens with zero attached hydrogens (tertiary/aromatic N) is 1. The van der Waals surface area contributed by atoms with Gasteiger partial charge in [-0.3, -0.25) is 0 Å². The Labute approximate surface area is 105 Å². The molecule has 7 heteroatoms. The summed E-state index contributed by atoms with van der Waals surface area (Å²) in [7, 11) is 0. The first kappa shape index (κ1) is 14.7. The molecular weight excluding hydrogens is 240 g/mol. The Hall–Kier alpha value is -1.34. The van der Waals surface area contributed by atoms with Crippen LogP contribution in [-0.4, -0.2) is 63.6 Å². The van der Waals surface area contributed by atoms with E-state index < -0.39 is 35.7 Å². The lowest BCUT2D eigenvalue weighted by atomic mass is 9.87. The third-order valence-electron chi connectivity index (χ3n) is 2.93. The lowest BCUT2D eigenvalue weighted by Crippen LogP contribution is -2.53. The molecule has 0 radical (unpaired) electrons. The summed E-state index contributed by atoms with van der Waals surface area (Å²) in [6.07, 6.45) is -1.96. The van der Waals surface area contributed by atoms with Gasteiger partial charge in [-0.1, -0.05) is 20.8 Å². The molecule has 18 heavy (non-hydrogen) atoms. The van der Waals surface area contributed by atoms with Crippen molar-refractivity contribution in [3.05, 3.63) is 0 Å². The Morgan fingerprint density at radius 2 is 1.67 bits per heavy atom. The van der Waals surface area contributed by atoms with Crippen molar-refractivity contribution in [3.8, 4) is 0 Å². The molecule has 1 aliphatic heterocycles. The van der Waals surface area contributed by atoms with Gasteiger partial charge in [0.1, 0.15) is 6.04 Å². The molecule has 0 aliphatic carbocycles. The van der Waals surface area contributed by atoms with Gasteiger partial charge in [-0.15, -0.1) is 0 Å². The Morgan fingerprint density at radius 1 is 1.22 bits per heavy atom. The Bertz CT molecular complexity index is 329. The molecule has 0 bridgehead atoms. The van der Waals surface area contributed by atoms with Crippen LogP contribution in [0.15, 0.2) is 0 Å². The van der Waals surface area contributed by atoms with Gasteiger partial charge in [-0.05, 0) is 5.41 Å². The van der Waals surface area contributed by atoms with E-state index in [1.165, 1.54) is 4.90 Å². The number of urea groups is 1. The zero-order valence-electron chi connectivity index (χ0n) is 10.8. The fourth-order valence-electron chi connectivity index (χ4n) is 1.80. The topological polar surface area (TPSA) is 110 Å². The summed E-state index contributed by atoms with van der Waals surface area (Å²) < 4.78 is 0. The second kappa shape index (κ2) is 5.11. The standard InChI is InChI=1S/C11H20N2O5/c1-11(2,3)8(9(16)17)12-10(18)13-4-6(14)7(15)5-13/h6-8,14-15H,4-5H2,1-3H3,(H,12,18)(H,16,17)/t6?,7?,8-/m0/s1. The van der Waals surface area contributed by atoms with Crippen molar-refractivity contribution >= 4 is 12.0 Å². The number of hydrogen-bond donors (Lipinski definition) is 4. The first-order valence-corrected chi connectivity index (χ1v) is 5.77. The van der Waals surface area contributed by atoms with Crippen LogP contribution in [0.2, 0.25) is 0 Å². The van der Waals surface area contributed by atoms with Crippen LogP contribution >= 0.6 is 0 Å². The number of aliphatic hydroxyl groups excluding tert-OH is 2. The number of amides is 2. The summed E-state index contributed by atoms with van der Waals surface area (Å²) in [6.45, 7) is 5.13. The molecule has 7 nitrogen and oxygen atoms in total. The highest BCUT2D eigenvalue weighted by Crippen LogP contribution is 2.20. The normalized spacial score (nSPS) is 25.9. The quantitative estimate of drug-likeness (QED) is 0.521. The molecule has 2 unspecified atom stereocenters. The molecule has 2 amide bonds. The van der Waals surface area contributed by atoms with E-state index in [4.69, 9.17) is 5.11 Å². The second-order valence-corrected chi connectivity index (χ2v) is 5.63. The van der Waals surface area contributed by atoms with Gasteiger partial charge in [-0.2, -0.15) is 0 Å². The van der Waals surface area contributed by atoms with Crippen LogP contribution in [0.3, 0.4) is 0 Å². The molecule has 0 aromatic carbocycles. The highest BCUT2D eigenvalue weighted by molar-refractivity contribution is 5.83. The minimum absolute atomic E-state index is 0.00345. The molecule has 1 rings (SSSR count). The fourth-order valence-corrected chi connectivity index (χ4v) is 1.80. The number of aliphatic carboxylic acids is 1. The van der Waals surface area contributed by atoms with Crippen molar-refractivity contribution in [1.82, 2.24) is 10.2 Å². The van der Waals surface area contributed by atoms with E-state index in [1.54, 1.807) is 20.8 Å². The van der Waals surface area contributed by atoms with Crippen LogP contribution in [0.25, 0.3) is 0 Å². The summed E-state index contributed by atoms with van der Waals surface area (Å²) >= 11 is 0. The number of β-amino-alcohol motifs (C(OH)–C–C–N with tert-alkyl or cyclic N) is 2. The maximum Gasteiger partial charge on any atom is 0.326 e. The summed E-state index contributed by atoms with van der Waals surface area (Å²) in [5.74, 6) is -1.11. The molecule has 0 aromatic rings. The van der Waals surface area contributed by atoms with Crippen LogP contribution < -0.4 is 5.32 Å². The molecule has 4 N–H and O–H groups in total. The highest BCUT2D eigenvalue weighted by atomic mass is 16.4. The van der Waals surface area contributed by atoms with Gasteiger partial charge in [0.15, 0.2) is 0 Å². The van der Waals surface area contributed by atoms with Gasteiger partial charge in [0.2, 0.25) is 0 Å². The molecule has 1 saturated heterocycles. The number of carboxylic acid groups (broad SMARTS) is 1. The van der Waals surface area contributed by atoms with Gasteiger partial charge in [0.05, 0.1) is 25.3 Å². The zero-order chi connectivity index (χ0) is 14.1. The van der Waals surface area contributed by atoms with Gasteiger partial charge in [-0.25, -0.2) is 9.59 Å². The number of aliphatic hydroxyl groups is 2. The Balaban J connectivity index is 2.66. The third-order valence-corrected chi connectivity index (χ3v) is 2.93. The van der Waals surface area contributed by atoms with Gasteiger partial charge in [0.25, 0.3) is 0 Å². The molecule has 1 heterocycles. The third kappa shape index (κ3) is 3.33. The smallest absolute Gasteiger partial charge is 0.326 e. The van der Waals surface area contributed by atoms with E-state index in [-0.39, 0.29) is 13.1 Å². The van der Waals surface area contributed by atoms with Crippen LogP contribution in [0.5, 0.6) is 0 Å². The number of rotatable bonds is 2. The Kier molecular flexibility index (Phi) is 4.18. The van der Waals surface area contributed by atoms with E-state index >= 15 is 0 Å². The monoisotopic (exact) mass is 260 g/mol. The number of carbonyl (C=O) groups excluding carboxylic acids is 1. The molecule has 104 valence electrons. The van der Waals surface area contributed by atoms with Crippen molar-refractivity contribution in [2.24, 2.45) is 5.41 Å². The summed E-state index contributed by atoms with van der Waals surface area (Å²) in [4.78, 5) is 24.1. The predicted molar refractivity (Wildman–Crippen MR) is 63.0 cm³/mol. The zero-order valence-corrected chi connectivity index (χ0v) is 10.8. The number of nitrogens with one attached hydrogen (secondary N) is 1. The summed E-state index contributed by atoms with van der Waals surface area (Å²) in [5, 5.41) is 30.1. The van der Waals surface area contributed by atoms with Crippen molar-refractivity contribution in [2.45, 2.75) is 39.0 Å². The maximum atomic E-state index is 11.8. The summed E-state index contributed by atoms with van der Waals surface area (Å²) in [5.41, 5.74) is -0.627. The van der Waals surface area contributed by atoms with Gasteiger partial charge in [0, 0.05) is 0 Å². The maximum absolute atomic E-state index is 11.8. The average Bonchev–Trinajstić information content (AvgIpc) is 2.53. The SMILES string of the molecule is CC(C)(C)[C@@H](NC(=O)N1CC(O)C(O)C1)C(=O)O. The number of hydrogen-bond acceptors (Lipinski definition) is 4. The first-order chi connectivity index (χ1) is 8.12. The van der Waals surface area contributed by atoms with Gasteiger partial charge >= 0.3 is 12.0 Å². The molecule has 0 saturated carbocycles. The summed E-state index contributed by atoms with van der Waals surface area (Å²) in [6, 6.07) is -1.62.